The summed E-state index contributed by atoms with van der Waals surface area (Å²) in [5.74, 6) is 0.951. The van der Waals surface area contributed by atoms with Crippen molar-refractivity contribution >= 4 is 22.6 Å². The van der Waals surface area contributed by atoms with E-state index in [0.717, 1.165) is 10.6 Å². The first-order chi connectivity index (χ1) is 8.75. The van der Waals surface area contributed by atoms with Crippen LogP contribution >= 0.6 is 11.8 Å². The molecule has 94 valence electrons. The monoisotopic (exact) mass is 280 g/mol. The number of hydrogen-bond acceptors (Lipinski definition) is 2. The number of hydrogen-bond donors (Lipinski definition) is 0. The molecule has 1 nitrogen and oxygen atoms in total. The zero-order chi connectivity index (χ0) is 12.8. The van der Waals surface area contributed by atoms with Crippen LogP contribution in [-0.4, -0.2) is 15.7 Å². The molecule has 2 aromatic carbocycles. The molecule has 0 aliphatic carbocycles. The van der Waals surface area contributed by atoms with Crippen LogP contribution in [0.15, 0.2) is 64.4 Å². The summed E-state index contributed by atoms with van der Waals surface area (Å²) in [5.41, 5.74) is 0. The van der Waals surface area contributed by atoms with E-state index in [2.05, 4.69) is 0 Å². The molecule has 2 aromatic rings. The molecule has 0 heterocycles. The van der Waals surface area contributed by atoms with Gasteiger partial charge in [-0.25, -0.2) is 4.39 Å². The molecule has 0 aliphatic rings. The van der Waals surface area contributed by atoms with E-state index in [1.807, 2.05) is 30.3 Å². The molecular formula is C14H13FOS2. The van der Waals surface area contributed by atoms with Gasteiger partial charge in [-0.3, -0.25) is 4.21 Å². The third kappa shape index (κ3) is 3.96. The lowest BCUT2D eigenvalue weighted by atomic mass is 10.4. The second kappa shape index (κ2) is 6.71. The number of halogens is 1. The maximum atomic E-state index is 13.0. The summed E-state index contributed by atoms with van der Waals surface area (Å²) in [7, 11) is -1.13. The normalized spacial score (nSPS) is 12.3. The van der Waals surface area contributed by atoms with Crippen LogP contribution < -0.4 is 0 Å². The molecule has 0 aliphatic heterocycles. The molecule has 1 atom stereocenters. The van der Waals surface area contributed by atoms with Crippen molar-refractivity contribution in [3.63, 3.8) is 0 Å². The molecule has 0 saturated heterocycles. The Balaban J connectivity index is 1.86. The van der Waals surface area contributed by atoms with Gasteiger partial charge in [0.2, 0.25) is 0 Å². The van der Waals surface area contributed by atoms with Gasteiger partial charge in [-0.05, 0) is 30.3 Å². The zero-order valence-corrected chi connectivity index (χ0v) is 11.3. The van der Waals surface area contributed by atoms with Gasteiger partial charge < -0.3 is 0 Å². The van der Waals surface area contributed by atoms with Crippen LogP contribution in [0.1, 0.15) is 0 Å². The Morgan fingerprint density at radius 1 is 1.06 bits per heavy atom. The van der Waals surface area contributed by atoms with Crippen molar-refractivity contribution in [2.45, 2.75) is 9.79 Å². The molecule has 18 heavy (non-hydrogen) atoms. The summed E-state index contributed by atoms with van der Waals surface area (Å²) >= 11 is 1.66. The van der Waals surface area contributed by atoms with Crippen LogP contribution in [0.4, 0.5) is 4.39 Å². The summed E-state index contributed by atoms with van der Waals surface area (Å²) < 4.78 is 24.9. The van der Waals surface area contributed by atoms with Crippen molar-refractivity contribution in [3.05, 3.63) is 60.4 Å². The summed E-state index contributed by atoms with van der Waals surface area (Å²) in [6.45, 7) is 0. The third-order valence-corrected chi connectivity index (χ3v) is 4.97. The van der Waals surface area contributed by atoms with Gasteiger partial charge in [-0.2, -0.15) is 0 Å². The van der Waals surface area contributed by atoms with Gasteiger partial charge in [-0.15, -0.1) is 11.8 Å². The Morgan fingerprint density at radius 2 is 1.83 bits per heavy atom. The Bertz CT molecular complexity index is 528. The van der Waals surface area contributed by atoms with Gasteiger partial charge in [0.15, 0.2) is 0 Å². The lowest BCUT2D eigenvalue weighted by Gasteiger charge is -2.03. The van der Waals surface area contributed by atoms with Crippen molar-refractivity contribution in [2.75, 3.05) is 11.5 Å². The maximum absolute atomic E-state index is 13.0. The predicted octanol–water partition coefficient (Wildman–Crippen LogP) is 3.73. The summed E-state index contributed by atoms with van der Waals surface area (Å²) in [4.78, 5) is 1.72. The Labute approximate surface area is 113 Å². The summed E-state index contributed by atoms with van der Waals surface area (Å²) in [6, 6.07) is 16.0. The SMILES string of the molecule is O=S(CCSc1ccccc1)c1cccc(F)c1. The van der Waals surface area contributed by atoms with E-state index >= 15 is 0 Å². The fourth-order valence-corrected chi connectivity index (χ4v) is 3.71. The minimum Gasteiger partial charge on any atom is -0.254 e. The first kappa shape index (κ1) is 13.3. The molecule has 0 N–H and O–H groups in total. The van der Waals surface area contributed by atoms with Gasteiger partial charge in [0.25, 0.3) is 0 Å². The van der Waals surface area contributed by atoms with E-state index in [1.165, 1.54) is 12.1 Å². The van der Waals surface area contributed by atoms with E-state index in [1.54, 1.807) is 23.9 Å². The van der Waals surface area contributed by atoms with E-state index < -0.39 is 10.8 Å². The highest BCUT2D eigenvalue weighted by Gasteiger charge is 2.05. The number of thioether (sulfide) groups is 1. The van der Waals surface area contributed by atoms with Crippen molar-refractivity contribution < 1.29 is 8.60 Å². The largest absolute Gasteiger partial charge is 0.254 e. The van der Waals surface area contributed by atoms with Gasteiger partial charge in [0.1, 0.15) is 5.82 Å². The Hall–Kier alpha value is -1.13. The van der Waals surface area contributed by atoms with Crippen LogP contribution in [0.2, 0.25) is 0 Å². The molecule has 4 heteroatoms. The minimum absolute atomic E-state index is 0.337. The van der Waals surface area contributed by atoms with Crippen LogP contribution in [0.25, 0.3) is 0 Å². The average molecular weight is 280 g/mol. The smallest absolute Gasteiger partial charge is 0.124 e. The van der Waals surface area contributed by atoms with Crippen LogP contribution in [0, 0.1) is 5.82 Å². The molecule has 0 spiro atoms. The fraction of sp³-hybridized carbons (Fsp3) is 0.143. The first-order valence-corrected chi connectivity index (χ1v) is 7.88. The molecule has 0 radical (unpaired) electrons. The molecular weight excluding hydrogens is 267 g/mol. The highest BCUT2D eigenvalue weighted by atomic mass is 32.2. The van der Waals surface area contributed by atoms with Crippen molar-refractivity contribution in [1.29, 1.82) is 0 Å². The number of benzene rings is 2. The Morgan fingerprint density at radius 3 is 2.56 bits per heavy atom. The minimum atomic E-state index is -1.13. The lowest BCUT2D eigenvalue weighted by molar-refractivity contribution is 0.622. The molecule has 0 saturated carbocycles. The second-order valence-electron chi connectivity index (χ2n) is 3.67. The first-order valence-electron chi connectivity index (χ1n) is 5.57. The zero-order valence-electron chi connectivity index (χ0n) is 9.71. The van der Waals surface area contributed by atoms with E-state index in [-0.39, 0.29) is 5.82 Å². The highest BCUT2D eigenvalue weighted by Crippen LogP contribution is 2.18. The van der Waals surface area contributed by atoms with Crippen molar-refractivity contribution in [3.8, 4) is 0 Å². The highest BCUT2D eigenvalue weighted by molar-refractivity contribution is 8.00. The fourth-order valence-electron chi connectivity index (χ4n) is 1.48. The van der Waals surface area contributed by atoms with Gasteiger partial charge in [-0.1, -0.05) is 24.3 Å². The topological polar surface area (TPSA) is 17.1 Å². The average Bonchev–Trinajstić information content (AvgIpc) is 2.40. The number of rotatable bonds is 5. The summed E-state index contributed by atoms with van der Waals surface area (Å²) in [6.07, 6.45) is 0. The molecule has 0 bridgehead atoms. The van der Waals surface area contributed by atoms with E-state index in [4.69, 9.17) is 0 Å². The van der Waals surface area contributed by atoms with Crippen LogP contribution in [0.3, 0.4) is 0 Å². The van der Waals surface area contributed by atoms with E-state index in [9.17, 15) is 8.60 Å². The van der Waals surface area contributed by atoms with Crippen molar-refractivity contribution in [2.24, 2.45) is 0 Å². The molecule has 1 unspecified atom stereocenters. The molecule has 0 aromatic heterocycles. The third-order valence-electron chi connectivity index (χ3n) is 2.34. The molecule has 2 rings (SSSR count). The Kier molecular flexibility index (Phi) is 4.96. The van der Waals surface area contributed by atoms with Crippen molar-refractivity contribution in [1.82, 2.24) is 0 Å². The molecule has 0 fully saturated rings. The molecule has 0 amide bonds. The maximum Gasteiger partial charge on any atom is 0.124 e. The lowest BCUT2D eigenvalue weighted by Crippen LogP contribution is -2.00. The van der Waals surface area contributed by atoms with Crippen LogP contribution in [-0.2, 0) is 10.8 Å². The standard InChI is InChI=1S/C14H13FOS2/c15-12-5-4-8-14(11-12)18(16)10-9-17-13-6-2-1-3-7-13/h1-8,11H,9-10H2. The predicted molar refractivity (Wildman–Crippen MR) is 74.8 cm³/mol. The van der Waals surface area contributed by atoms with Gasteiger partial charge in [0, 0.05) is 21.3 Å². The van der Waals surface area contributed by atoms with Crippen LogP contribution in [0.5, 0.6) is 0 Å². The van der Waals surface area contributed by atoms with E-state index in [0.29, 0.717) is 10.6 Å². The van der Waals surface area contributed by atoms with Gasteiger partial charge in [0.05, 0.1) is 10.8 Å². The summed E-state index contributed by atoms with van der Waals surface area (Å²) in [5, 5.41) is 0. The second-order valence-corrected chi connectivity index (χ2v) is 6.41. The quantitative estimate of drug-likeness (QED) is 0.776. The van der Waals surface area contributed by atoms with Gasteiger partial charge >= 0.3 is 0 Å².